The lowest BCUT2D eigenvalue weighted by molar-refractivity contribution is -0.119. The van der Waals surface area contributed by atoms with Gasteiger partial charge in [0.2, 0.25) is 5.91 Å². The van der Waals surface area contributed by atoms with E-state index in [1.807, 2.05) is 0 Å². The fourth-order valence-electron chi connectivity index (χ4n) is 1.47. The number of hydrogen-bond donors (Lipinski definition) is 1. The van der Waals surface area contributed by atoms with Gasteiger partial charge in [0.05, 0.1) is 0 Å². The maximum Gasteiger partial charge on any atom is 0.337 e. The van der Waals surface area contributed by atoms with Crippen LogP contribution in [0.3, 0.4) is 0 Å². The second kappa shape index (κ2) is 7.93. The zero-order chi connectivity index (χ0) is 15.9. The Bertz CT molecular complexity index is 534. The van der Waals surface area contributed by atoms with E-state index in [1.54, 1.807) is 24.3 Å². The highest BCUT2D eigenvalue weighted by Gasteiger charge is 2.25. The molecule has 0 heterocycles. The molecule has 0 saturated carbocycles. The molecule has 0 saturated heterocycles. The first kappa shape index (κ1) is 17.4. The third-order valence-electron chi connectivity index (χ3n) is 2.50. The van der Waals surface area contributed by atoms with Crippen LogP contribution in [0, 0.1) is 0 Å². The number of rotatable bonds is 8. The summed E-state index contributed by atoms with van der Waals surface area (Å²) >= 11 is 0. The molecule has 8 heteroatoms. The molecule has 0 bridgehead atoms. The average molecular weight is 315 g/mol. The molecule has 1 N–H and O–H groups in total. The Morgan fingerprint density at radius 1 is 1.14 bits per heavy atom. The van der Waals surface area contributed by atoms with Crippen LogP contribution in [0.2, 0.25) is 0 Å². The van der Waals surface area contributed by atoms with Gasteiger partial charge < -0.3 is 19.1 Å². The number of Topliss-reactive ketones (excluding diaryl/α,β-unsaturated/α-hetero) is 1. The topological polar surface area (TPSA) is 90.9 Å². The van der Waals surface area contributed by atoms with E-state index < -0.39 is 13.4 Å². The number of hydrogen-bond acceptors (Lipinski definition) is 6. The largest absolute Gasteiger partial charge is 0.486 e. The Hall–Kier alpha value is -1.69. The molecule has 0 aromatic heterocycles. The van der Waals surface area contributed by atoms with Crippen molar-refractivity contribution in [1.82, 2.24) is 0 Å². The lowest BCUT2D eigenvalue weighted by atomic mass is 10.3. The molecule has 21 heavy (non-hydrogen) atoms. The molecule has 0 aliphatic rings. The second-order valence-electron chi connectivity index (χ2n) is 4.17. The van der Waals surface area contributed by atoms with Crippen molar-refractivity contribution in [1.29, 1.82) is 0 Å². The summed E-state index contributed by atoms with van der Waals surface area (Å²) < 4.78 is 26.4. The van der Waals surface area contributed by atoms with Crippen LogP contribution in [0.4, 0.5) is 5.69 Å². The van der Waals surface area contributed by atoms with Crippen LogP contribution in [0.25, 0.3) is 0 Å². The summed E-state index contributed by atoms with van der Waals surface area (Å²) in [4.78, 5) is 22.5. The second-order valence-corrected chi connectivity index (χ2v) is 6.44. The Morgan fingerprint density at radius 3 is 2.19 bits per heavy atom. The molecule has 1 aromatic rings. The standard InChI is InChI=1S/C13H18NO6P/c1-10(15)14-11-4-6-13(7-5-11)20-8-12(16)9-21(17,18-2)19-3/h4-7H,8-9H2,1-3H3,(H,14,15). The number of amides is 1. The summed E-state index contributed by atoms with van der Waals surface area (Å²) in [7, 11) is -0.917. The van der Waals surface area contributed by atoms with Gasteiger partial charge in [-0.25, -0.2) is 0 Å². The Balaban J connectivity index is 2.50. The highest BCUT2D eigenvalue weighted by Crippen LogP contribution is 2.45. The number of carbonyl (C=O) groups is 2. The third kappa shape index (κ3) is 6.08. The Labute approximate surface area is 123 Å². The van der Waals surface area contributed by atoms with Crippen molar-refractivity contribution in [2.45, 2.75) is 6.92 Å². The minimum absolute atomic E-state index is 0.172. The summed E-state index contributed by atoms with van der Waals surface area (Å²) in [6, 6.07) is 6.53. The molecule has 0 spiro atoms. The molecular weight excluding hydrogens is 297 g/mol. The van der Waals surface area contributed by atoms with E-state index in [2.05, 4.69) is 14.4 Å². The van der Waals surface area contributed by atoms with E-state index in [0.717, 1.165) is 0 Å². The highest BCUT2D eigenvalue weighted by molar-refractivity contribution is 7.54. The van der Waals surface area contributed by atoms with Crippen molar-refractivity contribution in [3.63, 3.8) is 0 Å². The fraction of sp³-hybridized carbons (Fsp3) is 0.385. The van der Waals surface area contributed by atoms with Crippen LogP contribution in [-0.2, 0) is 23.2 Å². The third-order valence-corrected chi connectivity index (χ3v) is 4.35. The van der Waals surface area contributed by atoms with Crippen LogP contribution < -0.4 is 10.1 Å². The molecule has 7 nitrogen and oxygen atoms in total. The fourth-order valence-corrected chi connectivity index (χ4v) is 2.40. The van der Waals surface area contributed by atoms with Gasteiger partial charge in [-0.1, -0.05) is 0 Å². The monoisotopic (exact) mass is 315 g/mol. The molecule has 0 atom stereocenters. The number of ether oxygens (including phenoxy) is 1. The molecule has 0 fully saturated rings. The zero-order valence-corrected chi connectivity index (χ0v) is 13.0. The molecular formula is C13H18NO6P. The van der Waals surface area contributed by atoms with Gasteiger partial charge in [-0.3, -0.25) is 14.2 Å². The molecule has 0 aliphatic carbocycles. The predicted molar refractivity (Wildman–Crippen MR) is 77.7 cm³/mol. The number of ketones is 1. The van der Waals surface area contributed by atoms with Gasteiger partial charge in [0, 0.05) is 26.8 Å². The molecule has 116 valence electrons. The van der Waals surface area contributed by atoms with E-state index >= 15 is 0 Å². The summed E-state index contributed by atoms with van der Waals surface area (Å²) in [5, 5.41) is 2.61. The van der Waals surface area contributed by atoms with Crippen molar-refractivity contribution >= 4 is 25.0 Å². The SMILES string of the molecule is COP(=O)(CC(=O)COc1ccc(NC(C)=O)cc1)OC. The van der Waals surface area contributed by atoms with E-state index in [4.69, 9.17) is 4.74 Å². The number of benzene rings is 1. The van der Waals surface area contributed by atoms with Crippen molar-refractivity contribution in [3.05, 3.63) is 24.3 Å². The number of nitrogens with one attached hydrogen (secondary N) is 1. The van der Waals surface area contributed by atoms with Crippen LogP contribution in [-0.4, -0.2) is 38.7 Å². The number of carbonyl (C=O) groups excluding carboxylic acids is 2. The maximum atomic E-state index is 11.8. The summed E-state index contributed by atoms with van der Waals surface area (Å²) in [6.07, 6.45) is -0.343. The first-order valence-electron chi connectivity index (χ1n) is 6.11. The van der Waals surface area contributed by atoms with Gasteiger partial charge in [0.1, 0.15) is 18.5 Å². The quantitative estimate of drug-likeness (QED) is 0.739. The molecule has 0 aliphatic heterocycles. The van der Waals surface area contributed by atoms with Crippen molar-refractivity contribution in [2.75, 3.05) is 32.3 Å². The summed E-state index contributed by atoms with van der Waals surface area (Å²) in [6.45, 7) is 1.17. The van der Waals surface area contributed by atoms with Crippen molar-refractivity contribution in [3.8, 4) is 5.75 Å². The minimum Gasteiger partial charge on any atom is -0.486 e. The first-order valence-corrected chi connectivity index (χ1v) is 7.84. The van der Waals surface area contributed by atoms with Gasteiger partial charge in [0.25, 0.3) is 0 Å². The molecule has 0 unspecified atom stereocenters. The lowest BCUT2D eigenvalue weighted by Gasteiger charge is -2.13. The van der Waals surface area contributed by atoms with E-state index in [1.165, 1.54) is 21.1 Å². The van der Waals surface area contributed by atoms with Crippen LogP contribution in [0.5, 0.6) is 5.75 Å². The zero-order valence-electron chi connectivity index (χ0n) is 12.1. The Morgan fingerprint density at radius 2 is 1.71 bits per heavy atom. The van der Waals surface area contributed by atoms with Crippen LogP contribution in [0.15, 0.2) is 24.3 Å². The normalized spacial score (nSPS) is 11.0. The lowest BCUT2D eigenvalue weighted by Crippen LogP contribution is -2.16. The highest BCUT2D eigenvalue weighted by atomic mass is 31.2. The van der Waals surface area contributed by atoms with Gasteiger partial charge >= 0.3 is 7.60 Å². The maximum absolute atomic E-state index is 11.8. The first-order chi connectivity index (χ1) is 9.88. The Kier molecular flexibility index (Phi) is 6.55. The van der Waals surface area contributed by atoms with Crippen molar-refractivity contribution < 1.29 is 27.9 Å². The van der Waals surface area contributed by atoms with Gasteiger partial charge in [-0.15, -0.1) is 0 Å². The molecule has 1 rings (SSSR count). The molecule has 1 amide bonds. The van der Waals surface area contributed by atoms with Gasteiger partial charge in [-0.05, 0) is 24.3 Å². The van der Waals surface area contributed by atoms with E-state index in [9.17, 15) is 14.2 Å². The molecule has 0 radical (unpaired) electrons. The van der Waals surface area contributed by atoms with Gasteiger partial charge in [-0.2, -0.15) is 0 Å². The summed E-state index contributed by atoms with van der Waals surface area (Å²) in [5.41, 5.74) is 0.629. The van der Waals surface area contributed by atoms with Gasteiger partial charge in [0.15, 0.2) is 5.78 Å². The molecule has 1 aromatic carbocycles. The van der Waals surface area contributed by atoms with Crippen LogP contribution >= 0.6 is 7.60 Å². The van der Waals surface area contributed by atoms with Crippen molar-refractivity contribution in [2.24, 2.45) is 0 Å². The number of anilines is 1. The minimum atomic E-state index is -3.36. The predicted octanol–water partition coefficient (Wildman–Crippen LogP) is 2.08. The van der Waals surface area contributed by atoms with E-state index in [0.29, 0.717) is 11.4 Å². The average Bonchev–Trinajstić information content (AvgIpc) is 2.46. The summed E-state index contributed by atoms with van der Waals surface area (Å²) in [5.74, 6) is -0.108. The van der Waals surface area contributed by atoms with E-state index in [-0.39, 0.29) is 18.7 Å². The van der Waals surface area contributed by atoms with Crippen LogP contribution in [0.1, 0.15) is 6.92 Å². The smallest absolute Gasteiger partial charge is 0.337 e.